The van der Waals surface area contributed by atoms with Crippen LogP contribution in [-0.2, 0) is 21.4 Å². The van der Waals surface area contributed by atoms with Gasteiger partial charge < -0.3 is 10.1 Å². The van der Waals surface area contributed by atoms with Gasteiger partial charge in [-0.25, -0.2) is 8.42 Å². The molecule has 0 spiro atoms. The molecule has 0 radical (unpaired) electrons. The molecule has 1 atom stereocenters. The van der Waals surface area contributed by atoms with Crippen LogP contribution in [0.25, 0.3) is 0 Å². The second-order valence-electron chi connectivity index (χ2n) is 7.49. The molecule has 6 nitrogen and oxygen atoms in total. The zero-order chi connectivity index (χ0) is 21.1. The maximum Gasteiger partial charge on any atom is 0.243 e. The smallest absolute Gasteiger partial charge is 0.243 e. The van der Waals surface area contributed by atoms with Crippen LogP contribution in [0.4, 0.5) is 0 Å². The molecule has 1 fully saturated rings. The topological polar surface area (TPSA) is 75.7 Å². The number of hydrogen-bond acceptors (Lipinski definition) is 4. The highest BCUT2D eigenvalue weighted by atomic mass is 79.9. The Balaban J connectivity index is 1.68. The molecular formula is C21H25BrN2O4S. The van der Waals surface area contributed by atoms with Crippen molar-refractivity contribution in [1.82, 2.24) is 9.62 Å². The van der Waals surface area contributed by atoms with Crippen LogP contribution in [-0.4, -0.2) is 38.8 Å². The van der Waals surface area contributed by atoms with Crippen LogP contribution in [0, 0.1) is 5.41 Å². The van der Waals surface area contributed by atoms with E-state index in [1.165, 1.54) is 4.31 Å². The molecule has 156 valence electrons. The first-order chi connectivity index (χ1) is 13.7. The average Bonchev–Trinajstić information content (AvgIpc) is 2.72. The maximum atomic E-state index is 13.0. The van der Waals surface area contributed by atoms with Gasteiger partial charge in [0.2, 0.25) is 15.9 Å². The summed E-state index contributed by atoms with van der Waals surface area (Å²) in [5, 5.41) is 2.96. The standard InChI is InChI=1S/C21H25BrN2O4S/c1-21(20(25)23-14-16-4-8-18(28-2)9-5-16)12-3-13-24(15-21)29(26,27)19-10-6-17(22)7-11-19/h4-11H,3,12-15H2,1-2H3,(H,23,25)/t21-/m0/s1. The van der Waals surface area contributed by atoms with E-state index >= 15 is 0 Å². The van der Waals surface area contributed by atoms with Crippen LogP contribution in [0.1, 0.15) is 25.3 Å². The predicted octanol–water partition coefficient (Wildman–Crippen LogP) is 3.56. The Hall–Kier alpha value is -1.90. The van der Waals surface area contributed by atoms with Crippen molar-refractivity contribution in [2.75, 3.05) is 20.2 Å². The normalized spacial score (nSPS) is 20.2. The number of rotatable bonds is 6. The van der Waals surface area contributed by atoms with E-state index in [1.54, 1.807) is 31.4 Å². The molecule has 8 heteroatoms. The summed E-state index contributed by atoms with van der Waals surface area (Å²) in [5.41, 5.74) is 0.186. The number of amides is 1. The Bertz CT molecular complexity index is 961. The van der Waals surface area contributed by atoms with E-state index < -0.39 is 15.4 Å². The minimum Gasteiger partial charge on any atom is -0.497 e. The van der Waals surface area contributed by atoms with E-state index in [-0.39, 0.29) is 17.3 Å². The highest BCUT2D eigenvalue weighted by molar-refractivity contribution is 9.10. The van der Waals surface area contributed by atoms with Crippen molar-refractivity contribution in [1.29, 1.82) is 0 Å². The highest BCUT2D eigenvalue weighted by Crippen LogP contribution is 2.33. The van der Waals surface area contributed by atoms with Gasteiger partial charge in [0.25, 0.3) is 0 Å². The first-order valence-electron chi connectivity index (χ1n) is 9.41. The fourth-order valence-corrected chi connectivity index (χ4v) is 5.35. The molecule has 1 saturated heterocycles. The monoisotopic (exact) mass is 480 g/mol. The fourth-order valence-electron chi connectivity index (χ4n) is 3.48. The van der Waals surface area contributed by atoms with Gasteiger partial charge in [-0.2, -0.15) is 4.31 Å². The molecule has 0 aromatic heterocycles. The van der Waals surface area contributed by atoms with E-state index in [2.05, 4.69) is 21.2 Å². The second kappa shape index (κ2) is 8.85. The van der Waals surface area contributed by atoms with Gasteiger partial charge >= 0.3 is 0 Å². The number of ether oxygens (including phenoxy) is 1. The van der Waals surface area contributed by atoms with E-state index in [0.717, 1.165) is 15.8 Å². The maximum absolute atomic E-state index is 13.0. The number of sulfonamides is 1. The molecule has 1 amide bonds. The number of carbonyl (C=O) groups is 1. The van der Waals surface area contributed by atoms with Crippen molar-refractivity contribution in [3.63, 3.8) is 0 Å². The molecule has 29 heavy (non-hydrogen) atoms. The number of methoxy groups -OCH3 is 1. The molecule has 1 aliphatic heterocycles. The number of carbonyl (C=O) groups excluding carboxylic acids is 1. The van der Waals surface area contributed by atoms with Crippen molar-refractivity contribution in [2.45, 2.75) is 31.2 Å². The zero-order valence-corrected chi connectivity index (χ0v) is 18.9. The van der Waals surface area contributed by atoms with Crippen molar-refractivity contribution < 1.29 is 17.9 Å². The minimum atomic E-state index is -3.64. The van der Waals surface area contributed by atoms with Crippen LogP contribution < -0.4 is 10.1 Å². The quantitative estimate of drug-likeness (QED) is 0.685. The summed E-state index contributed by atoms with van der Waals surface area (Å²) in [6.07, 6.45) is 1.29. The van der Waals surface area contributed by atoms with Crippen LogP contribution in [0.2, 0.25) is 0 Å². The summed E-state index contributed by atoms with van der Waals surface area (Å²) in [6, 6.07) is 14.0. The molecule has 3 rings (SSSR count). The van der Waals surface area contributed by atoms with E-state index in [0.29, 0.717) is 25.9 Å². The molecule has 0 unspecified atom stereocenters. The first-order valence-corrected chi connectivity index (χ1v) is 11.6. The molecule has 0 bridgehead atoms. The molecule has 1 N–H and O–H groups in total. The Labute approximate surface area is 180 Å². The molecule has 1 aliphatic rings. The van der Waals surface area contributed by atoms with Crippen LogP contribution in [0.15, 0.2) is 57.9 Å². The summed E-state index contributed by atoms with van der Waals surface area (Å²) >= 11 is 3.32. The van der Waals surface area contributed by atoms with Crippen molar-refractivity contribution in [3.05, 3.63) is 58.6 Å². The Morgan fingerprint density at radius 3 is 2.45 bits per heavy atom. The molecule has 2 aromatic carbocycles. The van der Waals surface area contributed by atoms with Gasteiger partial charge in [-0.05, 0) is 61.7 Å². The highest BCUT2D eigenvalue weighted by Gasteiger charge is 2.41. The number of nitrogens with zero attached hydrogens (tertiary/aromatic N) is 1. The first kappa shape index (κ1) is 21.8. The number of nitrogens with one attached hydrogen (secondary N) is 1. The van der Waals surface area contributed by atoms with Crippen LogP contribution in [0.3, 0.4) is 0 Å². The summed E-state index contributed by atoms with van der Waals surface area (Å²) in [6.45, 7) is 2.80. The third-order valence-electron chi connectivity index (χ3n) is 5.27. The van der Waals surface area contributed by atoms with E-state index in [9.17, 15) is 13.2 Å². The fraction of sp³-hybridized carbons (Fsp3) is 0.381. The van der Waals surface area contributed by atoms with E-state index in [4.69, 9.17) is 4.74 Å². The molecule has 0 saturated carbocycles. The largest absolute Gasteiger partial charge is 0.497 e. The van der Waals surface area contributed by atoms with Gasteiger partial charge in [-0.1, -0.05) is 28.1 Å². The van der Waals surface area contributed by atoms with Gasteiger partial charge in [-0.15, -0.1) is 0 Å². The molecule has 1 heterocycles. The van der Waals surface area contributed by atoms with Gasteiger partial charge in [-0.3, -0.25) is 4.79 Å². The summed E-state index contributed by atoms with van der Waals surface area (Å²) < 4.78 is 33.4. The van der Waals surface area contributed by atoms with Crippen LogP contribution >= 0.6 is 15.9 Å². The molecule has 2 aromatic rings. The van der Waals surface area contributed by atoms with Crippen molar-refractivity contribution >= 4 is 31.9 Å². The summed E-state index contributed by atoms with van der Waals surface area (Å²) in [4.78, 5) is 13.1. The Morgan fingerprint density at radius 1 is 1.17 bits per heavy atom. The molecule has 0 aliphatic carbocycles. The second-order valence-corrected chi connectivity index (χ2v) is 10.3. The molecular weight excluding hydrogens is 456 g/mol. The van der Waals surface area contributed by atoms with Crippen molar-refractivity contribution in [3.8, 4) is 5.75 Å². The van der Waals surface area contributed by atoms with Gasteiger partial charge in [0.15, 0.2) is 0 Å². The average molecular weight is 481 g/mol. The Kier molecular flexibility index (Phi) is 6.65. The zero-order valence-electron chi connectivity index (χ0n) is 16.5. The van der Waals surface area contributed by atoms with Gasteiger partial charge in [0.05, 0.1) is 17.4 Å². The van der Waals surface area contributed by atoms with Gasteiger partial charge in [0, 0.05) is 24.1 Å². The summed E-state index contributed by atoms with van der Waals surface area (Å²) in [5.74, 6) is 0.622. The summed E-state index contributed by atoms with van der Waals surface area (Å²) in [7, 11) is -2.03. The third-order valence-corrected chi connectivity index (χ3v) is 7.66. The Morgan fingerprint density at radius 2 is 1.83 bits per heavy atom. The van der Waals surface area contributed by atoms with Crippen molar-refractivity contribution in [2.24, 2.45) is 5.41 Å². The predicted molar refractivity (Wildman–Crippen MR) is 115 cm³/mol. The lowest BCUT2D eigenvalue weighted by atomic mass is 9.82. The van der Waals surface area contributed by atoms with E-state index in [1.807, 2.05) is 31.2 Å². The number of halogens is 1. The number of hydrogen-bond donors (Lipinski definition) is 1. The third kappa shape index (κ3) is 4.99. The van der Waals surface area contributed by atoms with Gasteiger partial charge in [0.1, 0.15) is 5.75 Å². The SMILES string of the molecule is COc1ccc(CNC(=O)[C@@]2(C)CCCN(S(=O)(=O)c3ccc(Br)cc3)C2)cc1. The lowest BCUT2D eigenvalue weighted by Gasteiger charge is -2.38. The lowest BCUT2D eigenvalue weighted by Crippen LogP contribution is -2.51. The van der Waals surface area contributed by atoms with Crippen LogP contribution in [0.5, 0.6) is 5.75 Å². The lowest BCUT2D eigenvalue weighted by molar-refractivity contribution is -0.132. The number of benzene rings is 2. The number of piperidine rings is 1. The minimum absolute atomic E-state index is 0.135.